The molecule has 0 spiro atoms. The van der Waals surface area contributed by atoms with Crippen molar-refractivity contribution in [1.29, 1.82) is 0 Å². The lowest BCUT2D eigenvalue weighted by Gasteiger charge is -2.37. The van der Waals surface area contributed by atoms with Gasteiger partial charge in [0.15, 0.2) is 5.60 Å². The van der Waals surface area contributed by atoms with Gasteiger partial charge in [0, 0.05) is 18.5 Å². The number of hydrogen-bond donors (Lipinski definition) is 2. The van der Waals surface area contributed by atoms with Gasteiger partial charge in [-0.15, -0.1) is 0 Å². The summed E-state index contributed by atoms with van der Waals surface area (Å²) in [6.45, 7) is 0.656. The lowest BCUT2D eigenvalue weighted by atomic mass is 9.86. The average Bonchev–Trinajstić information content (AvgIpc) is 3.16. The molecule has 1 aliphatic carbocycles. The van der Waals surface area contributed by atoms with Gasteiger partial charge in [0.2, 0.25) is 0 Å². The molecule has 6 nitrogen and oxygen atoms in total. The fourth-order valence-corrected chi connectivity index (χ4v) is 3.83. The zero-order valence-corrected chi connectivity index (χ0v) is 11.9. The van der Waals surface area contributed by atoms with E-state index in [1.165, 1.54) is 4.90 Å². The molecule has 22 heavy (non-hydrogen) atoms. The molecule has 2 aliphatic heterocycles. The minimum atomic E-state index is -1.70. The second kappa shape index (κ2) is 4.46. The number of carbonyl (C=O) groups excluding carboxylic acids is 1. The van der Waals surface area contributed by atoms with E-state index < -0.39 is 23.5 Å². The molecule has 2 fully saturated rings. The van der Waals surface area contributed by atoms with Gasteiger partial charge in [-0.2, -0.15) is 0 Å². The van der Waals surface area contributed by atoms with E-state index in [1.807, 2.05) is 0 Å². The standard InChI is InChI=1S/C16H17NO5/c18-14(19)13-10-7-9(10)8-17(13)15(20)16(21)5-6-22-12-4-2-1-3-11(12)16/h1-4,9-10,13,21H,5-8H2,(H,18,19)/t9-,10-,13-,16?/m0/s1. The lowest BCUT2D eigenvalue weighted by Crippen LogP contribution is -2.53. The maximum Gasteiger partial charge on any atom is 0.326 e. The molecule has 1 saturated heterocycles. The van der Waals surface area contributed by atoms with Gasteiger partial charge in [0.05, 0.1) is 6.61 Å². The van der Waals surface area contributed by atoms with Crippen molar-refractivity contribution >= 4 is 11.9 Å². The highest BCUT2D eigenvalue weighted by Crippen LogP contribution is 2.51. The molecule has 1 amide bonds. The molecule has 1 aromatic carbocycles. The Kier molecular flexibility index (Phi) is 2.75. The second-order valence-electron chi connectivity index (χ2n) is 6.36. The van der Waals surface area contributed by atoms with Crippen LogP contribution in [0.25, 0.3) is 0 Å². The summed E-state index contributed by atoms with van der Waals surface area (Å²) in [4.78, 5) is 25.8. The van der Waals surface area contributed by atoms with Gasteiger partial charge < -0.3 is 19.8 Å². The molecule has 1 aromatic rings. The van der Waals surface area contributed by atoms with Gasteiger partial charge in [0.25, 0.3) is 5.91 Å². The number of piperidine rings is 1. The molecule has 4 atom stereocenters. The van der Waals surface area contributed by atoms with Crippen LogP contribution in [0.1, 0.15) is 18.4 Å². The smallest absolute Gasteiger partial charge is 0.326 e. The first-order valence-corrected chi connectivity index (χ1v) is 7.51. The first-order chi connectivity index (χ1) is 10.5. The number of amides is 1. The molecule has 0 aromatic heterocycles. The predicted octanol–water partition coefficient (Wildman–Crippen LogP) is 0.588. The Hall–Kier alpha value is -2.08. The molecule has 1 saturated carbocycles. The molecular weight excluding hydrogens is 286 g/mol. The number of rotatable bonds is 2. The highest BCUT2D eigenvalue weighted by Gasteiger charge is 2.60. The van der Waals surface area contributed by atoms with E-state index in [0.29, 0.717) is 17.9 Å². The minimum absolute atomic E-state index is 0.0418. The highest BCUT2D eigenvalue weighted by molar-refractivity contribution is 5.92. The van der Waals surface area contributed by atoms with Crippen LogP contribution in [0.2, 0.25) is 0 Å². The van der Waals surface area contributed by atoms with Crippen molar-refractivity contribution < 1.29 is 24.5 Å². The third-order valence-electron chi connectivity index (χ3n) is 5.07. The van der Waals surface area contributed by atoms with Crippen molar-refractivity contribution in [1.82, 2.24) is 4.90 Å². The topological polar surface area (TPSA) is 87.1 Å². The summed E-state index contributed by atoms with van der Waals surface area (Å²) in [5, 5.41) is 20.4. The predicted molar refractivity (Wildman–Crippen MR) is 75.2 cm³/mol. The summed E-state index contributed by atoms with van der Waals surface area (Å²) < 4.78 is 5.49. The fourth-order valence-electron chi connectivity index (χ4n) is 3.83. The number of benzene rings is 1. The summed E-state index contributed by atoms with van der Waals surface area (Å²) in [6, 6.07) is 6.08. The summed E-state index contributed by atoms with van der Waals surface area (Å²) >= 11 is 0. The summed E-state index contributed by atoms with van der Waals surface area (Å²) in [5.74, 6) is -0.699. The Morgan fingerprint density at radius 1 is 1.32 bits per heavy atom. The number of aliphatic carboxylic acids is 1. The normalized spacial score (nSPS) is 35.3. The van der Waals surface area contributed by atoms with Crippen LogP contribution < -0.4 is 4.74 Å². The zero-order chi connectivity index (χ0) is 15.5. The third kappa shape index (κ3) is 1.76. The van der Waals surface area contributed by atoms with E-state index in [0.717, 1.165) is 6.42 Å². The Balaban J connectivity index is 1.70. The van der Waals surface area contributed by atoms with E-state index in [1.54, 1.807) is 24.3 Å². The number of para-hydroxylation sites is 1. The van der Waals surface area contributed by atoms with Gasteiger partial charge in [-0.25, -0.2) is 4.79 Å². The van der Waals surface area contributed by atoms with Crippen molar-refractivity contribution in [3.8, 4) is 5.75 Å². The number of carboxylic acids is 1. The van der Waals surface area contributed by atoms with Crippen molar-refractivity contribution in [3.05, 3.63) is 29.8 Å². The number of hydrogen-bond acceptors (Lipinski definition) is 4. The van der Waals surface area contributed by atoms with Crippen LogP contribution in [0.3, 0.4) is 0 Å². The Morgan fingerprint density at radius 2 is 2.09 bits per heavy atom. The number of fused-ring (bicyclic) bond motifs is 2. The van der Waals surface area contributed by atoms with Crippen LogP contribution in [0.15, 0.2) is 24.3 Å². The van der Waals surface area contributed by atoms with Crippen LogP contribution in [0.5, 0.6) is 5.75 Å². The molecule has 2 N–H and O–H groups in total. The third-order valence-corrected chi connectivity index (χ3v) is 5.07. The molecule has 4 rings (SSSR count). The van der Waals surface area contributed by atoms with Gasteiger partial charge in [-0.1, -0.05) is 18.2 Å². The molecule has 116 valence electrons. The number of carboxylic acid groups (broad SMARTS) is 1. The molecule has 1 unspecified atom stereocenters. The van der Waals surface area contributed by atoms with E-state index >= 15 is 0 Å². The number of carbonyl (C=O) groups is 2. The van der Waals surface area contributed by atoms with Gasteiger partial charge in [-0.05, 0) is 24.3 Å². The molecule has 6 heteroatoms. The quantitative estimate of drug-likeness (QED) is 0.835. The molecule has 3 aliphatic rings. The average molecular weight is 303 g/mol. The largest absolute Gasteiger partial charge is 0.493 e. The van der Waals surface area contributed by atoms with Crippen molar-refractivity contribution in [3.63, 3.8) is 0 Å². The molecule has 0 radical (unpaired) electrons. The monoisotopic (exact) mass is 303 g/mol. The van der Waals surface area contributed by atoms with E-state index in [9.17, 15) is 19.8 Å². The first kappa shape index (κ1) is 13.6. The number of nitrogens with zero attached hydrogens (tertiary/aromatic N) is 1. The summed E-state index contributed by atoms with van der Waals surface area (Å²) in [5.41, 5.74) is -1.27. The Labute approximate surface area is 127 Å². The van der Waals surface area contributed by atoms with Crippen molar-refractivity contribution in [2.45, 2.75) is 24.5 Å². The fraction of sp³-hybridized carbons (Fsp3) is 0.500. The van der Waals surface area contributed by atoms with Gasteiger partial charge in [-0.3, -0.25) is 4.79 Å². The SMILES string of the molecule is O=C(O)[C@@H]1[C@H]2C[C@H]2CN1C(=O)C1(O)CCOc2ccccc21. The lowest BCUT2D eigenvalue weighted by molar-refractivity contribution is -0.163. The van der Waals surface area contributed by atoms with Crippen molar-refractivity contribution in [2.24, 2.45) is 11.8 Å². The maximum absolute atomic E-state index is 12.9. The number of aliphatic hydroxyl groups is 1. The van der Waals surface area contributed by atoms with Crippen LogP contribution >= 0.6 is 0 Å². The highest BCUT2D eigenvalue weighted by atomic mass is 16.5. The first-order valence-electron chi connectivity index (χ1n) is 7.51. The van der Waals surface area contributed by atoms with E-state index in [2.05, 4.69) is 0 Å². The van der Waals surface area contributed by atoms with Crippen LogP contribution in [-0.4, -0.2) is 46.2 Å². The van der Waals surface area contributed by atoms with E-state index in [4.69, 9.17) is 4.74 Å². The summed E-state index contributed by atoms with van der Waals surface area (Å²) in [6.07, 6.45) is 1.000. The molecule has 2 heterocycles. The van der Waals surface area contributed by atoms with Crippen molar-refractivity contribution in [2.75, 3.05) is 13.2 Å². The van der Waals surface area contributed by atoms with Crippen LogP contribution in [0, 0.1) is 11.8 Å². The minimum Gasteiger partial charge on any atom is -0.493 e. The Morgan fingerprint density at radius 3 is 2.86 bits per heavy atom. The zero-order valence-electron chi connectivity index (χ0n) is 11.9. The number of likely N-dealkylation sites (tertiary alicyclic amines) is 1. The molecular formula is C16H17NO5. The van der Waals surface area contributed by atoms with Gasteiger partial charge in [0.1, 0.15) is 11.8 Å². The molecule has 0 bridgehead atoms. The van der Waals surface area contributed by atoms with Crippen LogP contribution in [-0.2, 0) is 15.2 Å². The van der Waals surface area contributed by atoms with E-state index in [-0.39, 0.29) is 24.9 Å². The number of ether oxygens (including phenoxy) is 1. The summed E-state index contributed by atoms with van der Waals surface area (Å²) in [7, 11) is 0. The second-order valence-corrected chi connectivity index (χ2v) is 6.36. The maximum atomic E-state index is 12.9. The van der Waals surface area contributed by atoms with Gasteiger partial charge >= 0.3 is 5.97 Å². The van der Waals surface area contributed by atoms with Crippen LogP contribution in [0.4, 0.5) is 0 Å². The Bertz CT molecular complexity index is 660.